The molecule has 6 atom stereocenters. The van der Waals surface area contributed by atoms with E-state index in [1.807, 2.05) is 0 Å². The fourth-order valence-electron chi connectivity index (χ4n) is 3.21. The van der Waals surface area contributed by atoms with Gasteiger partial charge in [0.05, 0.1) is 77.3 Å². The first kappa shape index (κ1) is 58.2. The smallest absolute Gasteiger partial charge is 0.101 e. The Hall–Kier alpha value is -3.16. The van der Waals surface area contributed by atoms with Crippen molar-refractivity contribution in [2.24, 2.45) is 0 Å². The van der Waals surface area contributed by atoms with Crippen molar-refractivity contribution < 1.29 is 78.0 Å². The SMILES string of the molecule is C=CCOCC(O)COCC(O)CO[CH2-].C=CCOCC(O)COCC(O)CO[CH2-].[CH2-]OCC(O)CCOCCCCOCCC(O)CO[CH2-].[Rf].[Rf]. The molecule has 16 nitrogen and oxygen atoms in total. The van der Waals surface area contributed by atoms with E-state index >= 15 is 0 Å². The summed E-state index contributed by atoms with van der Waals surface area (Å²) < 4.78 is 48.9. The van der Waals surface area contributed by atoms with Gasteiger partial charge in [-0.1, -0.05) is 12.2 Å². The zero-order valence-electron chi connectivity index (χ0n) is 31.2. The van der Waals surface area contributed by atoms with Gasteiger partial charge in [-0.25, -0.2) is 28.4 Å². The number of aliphatic hydroxyl groups is 6. The maximum absolute atomic E-state index is 9.33. The van der Waals surface area contributed by atoms with Crippen LogP contribution in [0.1, 0.15) is 25.7 Å². The Bertz CT molecular complexity index is 621. The van der Waals surface area contributed by atoms with Crippen molar-refractivity contribution in [1.82, 2.24) is 0 Å². The minimum atomic E-state index is -0.719. The molecule has 0 spiro atoms. The van der Waals surface area contributed by atoms with Gasteiger partial charge in [0.15, 0.2) is 0 Å². The van der Waals surface area contributed by atoms with Gasteiger partial charge in [0, 0.05) is 52.9 Å². The number of aliphatic hydroxyl groups excluding tert-OH is 6. The molecule has 0 bridgehead atoms. The van der Waals surface area contributed by atoms with Gasteiger partial charge in [0.25, 0.3) is 0 Å². The molecule has 0 fully saturated rings. The van der Waals surface area contributed by atoms with E-state index in [9.17, 15) is 20.4 Å². The van der Waals surface area contributed by atoms with Gasteiger partial charge in [-0.15, -0.1) is 13.2 Å². The maximum Gasteiger partial charge on any atom is 0.101 e. The summed E-state index contributed by atoms with van der Waals surface area (Å²) in [5.74, 6) is 0. The van der Waals surface area contributed by atoms with E-state index < -0.39 is 36.6 Å². The summed E-state index contributed by atoms with van der Waals surface area (Å²) in [5, 5.41) is 55.6. The first-order valence-corrected chi connectivity index (χ1v) is 16.4. The van der Waals surface area contributed by atoms with Gasteiger partial charge < -0.3 is 78.0 Å². The van der Waals surface area contributed by atoms with E-state index in [2.05, 4.69) is 60.5 Å². The quantitative estimate of drug-likeness (QED) is 0.0288. The van der Waals surface area contributed by atoms with Crippen molar-refractivity contribution in [3.05, 3.63) is 53.7 Å². The number of hydrogen-bond acceptors (Lipinski definition) is 16. The maximum atomic E-state index is 9.33. The van der Waals surface area contributed by atoms with Crippen LogP contribution < -0.4 is 0 Å². The molecular formula is C34H66O16Rf2-4. The van der Waals surface area contributed by atoms with E-state index in [-0.39, 0.29) is 66.1 Å². The van der Waals surface area contributed by atoms with Crippen LogP contribution in [-0.4, -0.2) is 173 Å². The minimum Gasteiger partial charge on any atom is -0.553 e. The number of unbranched alkanes of at least 4 members (excludes halogenated alkanes) is 1. The van der Waals surface area contributed by atoms with Gasteiger partial charge >= 0.3 is 0 Å². The zero-order chi connectivity index (χ0) is 38.1. The van der Waals surface area contributed by atoms with E-state index in [1.54, 1.807) is 12.2 Å². The molecule has 0 aromatic heterocycles. The molecule has 6 unspecified atom stereocenters. The van der Waals surface area contributed by atoms with Crippen LogP contribution >= 0.6 is 0 Å². The number of ether oxygens (including phenoxy) is 10. The third-order valence-corrected chi connectivity index (χ3v) is 5.59. The van der Waals surface area contributed by atoms with Crippen molar-refractivity contribution in [1.29, 1.82) is 0 Å². The van der Waals surface area contributed by atoms with Crippen molar-refractivity contribution in [2.75, 3.05) is 106 Å². The van der Waals surface area contributed by atoms with Crippen LogP contribution in [0.2, 0.25) is 0 Å². The van der Waals surface area contributed by atoms with Crippen LogP contribution in [0.3, 0.4) is 0 Å². The fourth-order valence-corrected chi connectivity index (χ4v) is 3.21. The van der Waals surface area contributed by atoms with Gasteiger partial charge in [-0.2, -0.15) is 0 Å². The topological polar surface area (TPSA) is 214 Å². The Kier molecular flexibility index (Phi) is 53.5. The molecule has 0 aliphatic rings. The predicted octanol–water partition coefficient (Wildman–Crippen LogP) is 0.389. The second-order valence-corrected chi connectivity index (χ2v) is 10.6. The zero-order valence-corrected chi connectivity index (χ0v) is 44.0. The van der Waals surface area contributed by atoms with Gasteiger partial charge in [-0.05, 0) is 25.7 Å². The summed E-state index contributed by atoms with van der Waals surface area (Å²) >= 11 is 0. The standard InChI is InChI=1S/C14H28O6.2C10H19O5.2Rf/c1-17-11-13(15)5-9-19-7-3-4-8-20-10-6-14(16)12-18-2;2*1-3-4-14-6-10(12)8-15-7-9(11)5-13-2;;/h13-16H,1-12H2;2*3,9-12H,1-2,4-8H2;;/q-2;2*-1;;. The molecule has 306 valence electrons. The fraction of sp³-hybridized carbons (Fsp3) is 0.765. The van der Waals surface area contributed by atoms with Gasteiger partial charge in [0.1, 0.15) is 12.2 Å². The third kappa shape index (κ3) is 51.2. The van der Waals surface area contributed by atoms with Gasteiger partial charge in [-0.3, -0.25) is 0 Å². The second-order valence-electron chi connectivity index (χ2n) is 10.6. The molecule has 0 heterocycles. The van der Waals surface area contributed by atoms with Gasteiger partial charge in [0.2, 0.25) is 0 Å². The minimum absolute atomic E-state index is 0. The Morgan fingerprint density at radius 2 is 0.654 bits per heavy atom. The molecular weight excluding hydrogens is 1200 g/mol. The molecule has 6 N–H and O–H groups in total. The van der Waals surface area contributed by atoms with Crippen molar-refractivity contribution >= 4 is 0 Å². The average molecular weight is 1260 g/mol. The normalized spacial score (nSPS) is 14.1. The molecule has 0 amide bonds. The van der Waals surface area contributed by atoms with Crippen LogP contribution in [-0.2, 0) is 47.4 Å². The molecule has 0 aliphatic carbocycles. The first-order valence-electron chi connectivity index (χ1n) is 16.4. The van der Waals surface area contributed by atoms with E-state index in [0.717, 1.165) is 12.8 Å². The van der Waals surface area contributed by atoms with Crippen molar-refractivity contribution in [3.8, 4) is 0 Å². The monoisotopic (exact) mass is 1260 g/mol. The van der Waals surface area contributed by atoms with E-state index in [0.29, 0.717) is 52.5 Å². The molecule has 0 aromatic carbocycles. The number of hydrogen-bond donors (Lipinski definition) is 6. The second kappa shape index (κ2) is 47.8. The van der Waals surface area contributed by atoms with E-state index in [1.165, 1.54) is 0 Å². The predicted molar refractivity (Wildman–Crippen MR) is 185 cm³/mol. The largest absolute Gasteiger partial charge is 0.553 e. The third-order valence-electron chi connectivity index (χ3n) is 5.59. The van der Waals surface area contributed by atoms with Crippen molar-refractivity contribution in [2.45, 2.75) is 62.3 Å². The van der Waals surface area contributed by atoms with Crippen LogP contribution in [0.15, 0.2) is 25.3 Å². The Morgan fingerprint density at radius 3 is 0.942 bits per heavy atom. The summed E-state index contributed by atoms with van der Waals surface area (Å²) in [6, 6.07) is 0. The molecule has 52 heavy (non-hydrogen) atoms. The molecule has 0 radical (unpaired) electrons. The van der Waals surface area contributed by atoms with Crippen LogP contribution in [0.4, 0.5) is 0 Å². The molecule has 0 saturated carbocycles. The van der Waals surface area contributed by atoms with Crippen molar-refractivity contribution in [3.63, 3.8) is 0 Å². The van der Waals surface area contributed by atoms with Crippen LogP contribution in [0.5, 0.6) is 0 Å². The summed E-state index contributed by atoms with van der Waals surface area (Å²) in [4.78, 5) is 0. The Labute approximate surface area is 299 Å². The van der Waals surface area contributed by atoms with E-state index in [4.69, 9.17) is 38.6 Å². The summed E-state index contributed by atoms with van der Waals surface area (Å²) in [7, 11) is 12.6. The summed E-state index contributed by atoms with van der Waals surface area (Å²) in [6.45, 7) is 11.6. The molecule has 0 rings (SSSR count). The van der Waals surface area contributed by atoms with Crippen LogP contribution in [0, 0.1) is 28.4 Å². The number of rotatable bonds is 35. The Morgan fingerprint density at radius 1 is 0.385 bits per heavy atom. The molecule has 0 saturated heterocycles. The average Bonchev–Trinajstić information content (AvgIpc) is 3.07. The summed E-state index contributed by atoms with van der Waals surface area (Å²) in [5.41, 5.74) is 0. The Balaban J connectivity index is -0.000000212. The molecule has 0 aromatic rings. The molecule has 18 heteroatoms. The molecule has 0 aliphatic heterocycles. The van der Waals surface area contributed by atoms with Crippen LogP contribution in [0.25, 0.3) is 0 Å². The summed E-state index contributed by atoms with van der Waals surface area (Å²) in [6.07, 6.45) is 2.28. The first-order chi connectivity index (χ1) is 24.1.